The lowest BCUT2D eigenvalue weighted by Crippen LogP contribution is -2.34. The van der Waals surface area contributed by atoms with Gasteiger partial charge >= 0.3 is 6.18 Å². The van der Waals surface area contributed by atoms with Crippen molar-refractivity contribution in [2.45, 2.75) is 78.1 Å². The van der Waals surface area contributed by atoms with E-state index in [1.165, 1.54) is 0 Å². The second-order valence-corrected chi connectivity index (χ2v) is 5.45. The van der Waals surface area contributed by atoms with E-state index in [1.807, 2.05) is 6.92 Å². The van der Waals surface area contributed by atoms with Gasteiger partial charge in [-0.1, -0.05) is 13.8 Å². The first kappa shape index (κ1) is 16.8. The Morgan fingerprint density at radius 2 is 1.41 bits per heavy atom. The highest BCUT2D eigenvalue weighted by Crippen LogP contribution is 2.22. The fraction of sp³-hybridized carbons (Fsp3) is 1.00. The molecule has 0 saturated heterocycles. The zero-order valence-corrected chi connectivity index (χ0v) is 11.4. The second kappa shape index (κ2) is 7.96. The summed E-state index contributed by atoms with van der Waals surface area (Å²) in [6.07, 6.45) is -1.63. The predicted octanol–water partition coefficient (Wildman–Crippen LogP) is 4.52. The van der Waals surface area contributed by atoms with Crippen LogP contribution in [0.15, 0.2) is 0 Å². The molecular formula is C13H26F3N. The van der Waals surface area contributed by atoms with Crippen molar-refractivity contribution in [3.63, 3.8) is 0 Å². The van der Waals surface area contributed by atoms with E-state index in [2.05, 4.69) is 26.1 Å². The van der Waals surface area contributed by atoms with Gasteiger partial charge in [0, 0.05) is 18.5 Å². The smallest absolute Gasteiger partial charge is 0.312 e. The maximum absolute atomic E-state index is 12.0. The van der Waals surface area contributed by atoms with Crippen LogP contribution in [0.4, 0.5) is 13.2 Å². The van der Waals surface area contributed by atoms with E-state index in [4.69, 9.17) is 0 Å². The third-order valence-corrected chi connectivity index (χ3v) is 2.84. The Labute approximate surface area is 103 Å². The SMILES string of the molecule is CC(C)CCC(C)NC(C)CCCC(F)(F)F. The van der Waals surface area contributed by atoms with E-state index in [0.717, 1.165) is 12.8 Å². The van der Waals surface area contributed by atoms with Crippen molar-refractivity contribution < 1.29 is 13.2 Å². The van der Waals surface area contributed by atoms with Gasteiger partial charge in [0.05, 0.1) is 0 Å². The number of hydrogen-bond donors (Lipinski definition) is 1. The first-order chi connectivity index (χ1) is 7.70. The van der Waals surface area contributed by atoms with Gasteiger partial charge in [-0.05, 0) is 45.4 Å². The molecule has 2 atom stereocenters. The van der Waals surface area contributed by atoms with Gasteiger partial charge in [-0.25, -0.2) is 0 Å². The minimum Gasteiger partial charge on any atom is -0.312 e. The van der Waals surface area contributed by atoms with Gasteiger partial charge in [0.1, 0.15) is 0 Å². The van der Waals surface area contributed by atoms with Crippen LogP contribution in [0.25, 0.3) is 0 Å². The lowest BCUT2D eigenvalue weighted by Gasteiger charge is -2.21. The average Bonchev–Trinajstić information content (AvgIpc) is 2.12. The predicted molar refractivity (Wildman–Crippen MR) is 66.0 cm³/mol. The summed E-state index contributed by atoms with van der Waals surface area (Å²) in [6, 6.07) is 0.554. The summed E-state index contributed by atoms with van der Waals surface area (Å²) in [5.41, 5.74) is 0. The van der Waals surface area contributed by atoms with Gasteiger partial charge in [-0.2, -0.15) is 13.2 Å². The Hall–Kier alpha value is -0.250. The van der Waals surface area contributed by atoms with Crippen molar-refractivity contribution in [1.29, 1.82) is 0 Å². The minimum atomic E-state index is -4.01. The summed E-state index contributed by atoms with van der Waals surface area (Å²) in [5.74, 6) is 0.680. The molecule has 2 unspecified atom stereocenters. The van der Waals surface area contributed by atoms with Crippen LogP contribution in [0.2, 0.25) is 0 Å². The number of alkyl halides is 3. The van der Waals surface area contributed by atoms with E-state index < -0.39 is 12.6 Å². The van der Waals surface area contributed by atoms with E-state index in [1.54, 1.807) is 0 Å². The molecule has 0 aliphatic carbocycles. The van der Waals surface area contributed by atoms with Gasteiger partial charge < -0.3 is 5.32 Å². The monoisotopic (exact) mass is 253 g/mol. The molecule has 1 nitrogen and oxygen atoms in total. The van der Waals surface area contributed by atoms with E-state index in [9.17, 15) is 13.2 Å². The summed E-state index contributed by atoms with van der Waals surface area (Å²) < 4.78 is 35.9. The number of halogens is 3. The van der Waals surface area contributed by atoms with Crippen LogP contribution in [0.5, 0.6) is 0 Å². The molecule has 4 heteroatoms. The van der Waals surface area contributed by atoms with Crippen molar-refractivity contribution in [3.8, 4) is 0 Å². The highest BCUT2D eigenvalue weighted by molar-refractivity contribution is 4.69. The van der Waals surface area contributed by atoms with Crippen LogP contribution in [0.1, 0.15) is 59.8 Å². The summed E-state index contributed by atoms with van der Waals surface area (Å²) in [7, 11) is 0. The highest BCUT2D eigenvalue weighted by atomic mass is 19.4. The summed E-state index contributed by atoms with van der Waals surface area (Å²) in [4.78, 5) is 0. The molecule has 0 rings (SSSR count). The van der Waals surface area contributed by atoms with Crippen LogP contribution in [0.3, 0.4) is 0 Å². The Morgan fingerprint density at radius 3 is 1.88 bits per heavy atom. The van der Waals surface area contributed by atoms with Crippen LogP contribution in [-0.4, -0.2) is 18.3 Å². The first-order valence-corrected chi connectivity index (χ1v) is 6.53. The van der Waals surface area contributed by atoms with Crippen molar-refractivity contribution in [2.75, 3.05) is 0 Å². The van der Waals surface area contributed by atoms with Gasteiger partial charge in [0.2, 0.25) is 0 Å². The molecule has 0 saturated carbocycles. The first-order valence-electron chi connectivity index (χ1n) is 6.53. The molecule has 104 valence electrons. The molecule has 0 amide bonds. The Morgan fingerprint density at radius 1 is 0.882 bits per heavy atom. The van der Waals surface area contributed by atoms with Crippen LogP contribution in [0, 0.1) is 5.92 Å². The average molecular weight is 253 g/mol. The second-order valence-electron chi connectivity index (χ2n) is 5.45. The summed E-state index contributed by atoms with van der Waals surface area (Å²) in [5, 5.41) is 3.35. The van der Waals surface area contributed by atoms with E-state index in [0.29, 0.717) is 18.4 Å². The van der Waals surface area contributed by atoms with Gasteiger partial charge in [0.15, 0.2) is 0 Å². The summed E-state index contributed by atoms with van der Waals surface area (Å²) >= 11 is 0. The lowest BCUT2D eigenvalue weighted by atomic mass is 10.0. The van der Waals surface area contributed by atoms with Crippen LogP contribution in [-0.2, 0) is 0 Å². The maximum atomic E-state index is 12.0. The molecule has 0 aromatic carbocycles. The number of nitrogens with one attached hydrogen (secondary N) is 1. The Bertz CT molecular complexity index is 190. The van der Waals surface area contributed by atoms with Gasteiger partial charge in [-0.15, -0.1) is 0 Å². The van der Waals surface area contributed by atoms with Crippen molar-refractivity contribution >= 4 is 0 Å². The van der Waals surface area contributed by atoms with Crippen molar-refractivity contribution in [1.82, 2.24) is 5.32 Å². The number of rotatable bonds is 8. The fourth-order valence-electron chi connectivity index (χ4n) is 1.84. The third-order valence-electron chi connectivity index (χ3n) is 2.84. The van der Waals surface area contributed by atoms with Gasteiger partial charge in [0.25, 0.3) is 0 Å². The molecule has 0 heterocycles. The zero-order chi connectivity index (χ0) is 13.5. The lowest BCUT2D eigenvalue weighted by molar-refractivity contribution is -0.135. The van der Waals surface area contributed by atoms with Crippen LogP contribution >= 0.6 is 0 Å². The molecule has 0 aromatic heterocycles. The number of hydrogen-bond acceptors (Lipinski definition) is 1. The van der Waals surface area contributed by atoms with Gasteiger partial charge in [-0.3, -0.25) is 0 Å². The molecule has 1 N–H and O–H groups in total. The molecular weight excluding hydrogens is 227 g/mol. The topological polar surface area (TPSA) is 12.0 Å². The highest BCUT2D eigenvalue weighted by Gasteiger charge is 2.26. The Kier molecular flexibility index (Phi) is 7.84. The molecule has 0 fully saturated rings. The van der Waals surface area contributed by atoms with E-state index in [-0.39, 0.29) is 12.5 Å². The molecule has 0 aromatic rings. The molecule has 0 spiro atoms. The minimum absolute atomic E-state index is 0.166. The standard InChI is InChI=1S/C13H26F3N/c1-10(2)7-8-12(4)17-11(3)6-5-9-13(14,15)16/h10-12,17H,5-9H2,1-4H3. The fourth-order valence-corrected chi connectivity index (χ4v) is 1.84. The summed E-state index contributed by atoms with van der Waals surface area (Å²) in [6.45, 7) is 8.42. The largest absolute Gasteiger partial charge is 0.389 e. The third kappa shape index (κ3) is 12.0. The van der Waals surface area contributed by atoms with Crippen LogP contribution < -0.4 is 5.32 Å². The Balaban J connectivity index is 3.60. The molecule has 0 aliphatic rings. The molecule has 17 heavy (non-hydrogen) atoms. The van der Waals surface area contributed by atoms with E-state index >= 15 is 0 Å². The normalized spacial score (nSPS) is 16.2. The van der Waals surface area contributed by atoms with Crippen molar-refractivity contribution in [2.24, 2.45) is 5.92 Å². The quantitative estimate of drug-likeness (QED) is 0.670. The maximum Gasteiger partial charge on any atom is 0.389 e. The molecule has 0 radical (unpaired) electrons. The zero-order valence-electron chi connectivity index (χ0n) is 11.4. The molecule has 0 aliphatic heterocycles. The molecule has 0 bridgehead atoms. The van der Waals surface area contributed by atoms with Crippen molar-refractivity contribution in [3.05, 3.63) is 0 Å².